The first-order chi connectivity index (χ1) is 19.2. The maximum absolute atomic E-state index is 4.58. The van der Waals surface area contributed by atoms with E-state index in [-0.39, 0.29) is 0 Å². The summed E-state index contributed by atoms with van der Waals surface area (Å²) in [6.45, 7) is 10.1. The van der Waals surface area contributed by atoms with Gasteiger partial charge in [-0.25, -0.2) is 4.98 Å². The van der Waals surface area contributed by atoms with Crippen LogP contribution in [0.1, 0.15) is 37.3 Å². The Morgan fingerprint density at radius 3 is 2.74 bits per heavy atom. The zero-order chi connectivity index (χ0) is 26.6. The van der Waals surface area contributed by atoms with Gasteiger partial charge in [-0.2, -0.15) is 5.10 Å². The molecule has 1 fully saturated rings. The number of pyridine rings is 3. The standard InChI is InChI=1S/C32H33N7/c1-22(26-18-24(20-34-21-26)6-5-17-39-15-3-4-16-39)7-8-29-23(2)31(38-37-29)30-19-28-27(11-14-35-32(28)36-30)25-9-12-33-13-10-25/h7-14,18-21,37H,2-6,15-17H2,1H3,(H,35,36)/b22-7+,29-8+. The number of hydrogen-bond acceptors (Lipinski definition) is 5. The SMILES string of the molecule is C=c1c(-c2cc3c(-c4ccncc4)ccnc3[nH]2)n[nH]/c1=C/C=C(\C)c1cncc(CCCN2CCCC2)c1. The van der Waals surface area contributed by atoms with Crippen LogP contribution in [0.4, 0.5) is 0 Å². The predicted octanol–water partition coefficient (Wildman–Crippen LogP) is 4.73. The normalized spacial score (nSPS) is 15.0. The van der Waals surface area contributed by atoms with Gasteiger partial charge in [0.25, 0.3) is 0 Å². The number of nitrogens with one attached hydrogen (secondary N) is 2. The van der Waals surface area contributed by atoms with E-state index in [1.807, 2.05) is 42.9 Å². The minimum absolute atomic E-state index is 0.785. The molecule has 0 unspecified atom stereocenters. The quantitative estimate of drug-likeness (QED) is 0.312. The highest BCUT2D eigenvalue weighted by Crippen LogP contribution is 2.29. The number of rotatable bonds is 8. The molecular weight excluding hydrogens is 482 g/mol. The van der Waals surface area contributed by atoms with Crippen LogP contribution in [0.3, 0.4) is 0 Å². The molecule has 0 bridgehead atoms. The maximum Gasteiger partial charge on any atom is 0.138 e. The largest absolute Gasteiger partial charge is 0.338 e. The van der Waals surface area contributed by atoms with Gasteiger partial charge < -0.3 is 9.88 Å². The van der Waals surface area contributed by atoms with Crippen molar-refractivity contribution in [1.82, 2.24) is 35.0 Å². The Kier molecular flexibility index (Phi) is 7.15. The number of H-pyrrole nitrogens is 2. The van der Waals surface area contributed by atoms with E-state index in [1.54, 1.807) is 12.4 Å². The Bertz CT molecular complexity index is 1720. The molecule has 1 aliphatic rings. The Balaban J connectivity index is 1.22. The molecule has 0 spiro atoms. The van der Waals surface area contributed by atoms with Crippen LogP contribution in [0.15, 0.2) is 67.4 Å². The molecular formula is C32H33N7. The number of aromatic nitrogens is 6. The zero-order valence-corrected chi connectivity index (χ0v) is 22.3. The van der Waals surface area contributed by atoms with Gasteiger partial charge in [0.05, 0.1) is 11.0 Å². The molecule has 7 nitrogen and oxygen atoms in total. The highest BCUT2D eigenvalue weighted by Gasteiger charge is 2.13. The van der Waals surface area contributed by atoms with Gasteiger partial charge in [-0.15, -0.1) is 0 Å². The second kappa shape index (κ2) is 11.2. The molecule has 0 saturated carbocycles. The van der Waals surface area contributed by atoms with Crippen molar-refractivity contribution in [1.29, 1.82) is 0 Å². The first-order valence-corrected chi connectivity index (χ1v) is 13.6. The minimum atomic E-state index is 0.785. The summed E-state index contributed by atoms with van der Waals surface area (Å²) in [6, 6.07) is 10.4. The van der Waals surface area contributed by atoms with Gasteiger partial charge in [0, 0.05) is 41.6 Å². The van der Waals surface area contributed by atoms with Crippen LogP contribution >= 0.6 is 0 Å². The Hall–Kier alpha value is -4.36. The average Bonchev–Trinajstić information content (AvgIpc) is 3.72. The third kappa shape index (κ3) is 5.45. The molecule has 5 aromatic heterocycles. The van der Waals surface area contributed by atoms with Crippen molar-refractivity contribution in [2.45, 2.75) is 32.6 Å². The molecule has 0 atom stereocenters. The van der Waals surface area contributed by atoms with Crippen molar-refractivity contribution in [3.63, 3.8) is 0 Å². The summed E-state index contributed by atoms with van der Waals surface area (Å²) in [5.74, 6) is 0. The zero-order valence-electron chi connectivity index (χ0n) is 22.3. The number of aryl methyl sites for hydroxylation is 1. The molecule has 0 radical (unpaired) electrons. The predicted molar refractivity (Wildman–Crippen MR) is 158 cm³/mol. The van der Waals surface area contributed by atoms with E-state index >= 15 is 0 Å². The number of aromatic amines is 2. The lowest BCUT2D eigenvalue weighted by molar-refractivity contribution is 0.334. The van der Waals surface area contributed by atoms with Crippen molar-refractivity contribution in [2.75, 3.05) is 19.6 Å². The summed E-state index contributed by atoms with van der Waals surface area (Å²) in [5, 5.41) is 10.5. The van der Waals surface area contributed by atoms with E-state index in [1.165, 1.54) is 44.5 Å². The summed E-state index contributed by atoms with van der Waals surface area (Å²) >= 11 is 0. The van der Waals surface area contributed by atoms with E-state index in [0.29, 0.717) is 0 Å². The lowest BCUT2D eigenvalue weighted by atomic mass is 10.0. The second-order valence-electron chi connectivity index (χ2n) is 10.3. The van der Waals surface area contributed by atoms with Gasteiger partial charge in [0.15, 0.2) is 0 Å². The fraction of sp³-hybridized carbons (Fsp3) is 0.250. The third-order valence-electron chi connectivity index (χ3n) is 7.57. The summed E-state index contributed by atoms with van der Waals surface area (Å²) in [5.41, 5.74) is 8.26. The summed E-state index contributed by atoms with van der Waals surface area (Å²) < 4.78 is 0. The van der Waals surface area contributed by atoms with Crippen LogP contribution in [-0.4, -0.2) is 54.7 Å². The van der Waals surface area contributed by atoms with Gasteiger partial charge in [-0.3, -0.25) is 15.1 Å². The molecule has 0 aromatic carbocycles. The molecule has 6 heterocycles. The highest BCUT2D eigenvalue weighted by molar-refractivity contribution is 5.95. The first-order valence-electron chi connectivity index (χ1n) is 13.6. The van der Waals surface area contributed by atoms with E-state index in [0.717, 1.165) is 61.7 Å². The van der Waals surface area contributed by atoms with Crippen molar-refractivity contribution >= 4 is 29.3 Å². The molecule has 7 heteroatoms. The van der Waals surface area contributed by atoms with E-state index in [4.69, 9.17) is 0 Å². The molecule has 0 amide bonds. The number of likely N-dealkylation sites (tertiary alicyclic amines) is 1. The maximum atomic E-state index is 4.58. The lowest BCUT2D eigenvalue weighted by Gasteiger charge is -2.14. The lowest BCUT2D eigenvalue weighted by Crippen LogP contribution is -2.21. The van der Waals surface area contributed by atoms with Gasteiger partial charge in [0.2, 0.25) is 0 Å². The highest BCUT2D eigenvalue weighted by atomic mass is 15.1. The topological polar surface area (TPSA) is 86.4 Å². The fourth-order valence-corrected chi connectivity index (χ4v) is 5.33. The van der Waals surface area contributed by atoms with Crippen LogP contribution < -0.4 is 10.6 Å². The van der Waals surface area contributed by atoms with Crippen LogP contribution in [0, 0.1) is 0 Å². The Morgan fingerprint density at radius 1 is 1.05 bits per heavy atom. The number of fused-ring (bicyclic) bond motifs is 1. The van der Waals surface area contributed by atoms with Crippen LogP contribution in [0.25, 0.3) is 51.8 Å². The average molecular weight is 516 g/mol. The molecule has 6 rings (SSSR count). The minimum Gasteiger partial charge on any atom is -0.338 e. The number of nitrogens with zero attached hydrogens (tertiary/aromatic N) is 5. The molecule has 5 aromatic rings. The van der Waals surface area contributed by atoms with Crippen LogP contribution in [0.2, 0.25) is 0 Å². The van der Waals surface area contributed by atoms with Gasteiger partial charge >= 0.3 is 0 Å². The van der Waals surface area contributed by atoms with E-state index in [9.17, 15) is 0 Å². The summed E-state index contributed by atoms with van der Waals surface area (Å²) in [4.78, 5) is 19.2. The van der Waals surface area contributed by atoms with Crippen molar-refractivity contribution in [2.24, 2.45) is 0 Å². The molecule has 2 N–H and O–H groups in total. The van der Waals surface area contributed by atoms with Crippen molar-refractivity contribution in [3.8, 4) is 22.5 Å². The number of hydrogen-bond donors (Lipinski definition) is 2. The number of allylic oxidation sites excluding steroid dienone is 2. The Morgan fingerprint density at radius 2 is 1.90 bits per heavy atom. The molecule has 0 aliphatic carbocycles. The molecule has 39 heavy (non-hydrogen) atoms. The van der Waals surface area contributed by atoms with Gasteiger partial charge in [-0.05, 0) is 116 Å². The second-order valence-corrected chi connectivity index (χ2v) is 10.3. The molecule has 1 aliphatic heterocycles. The molecule has 196 valence electrons. The third-order valence-corrected chi connectivity index (χ3v) is 7.57. The monoisotopic (exact) mass is 515 g/mol. The molecule has 1 saturated heterocycles. The fourth-order valence-electron chi connectivity index (χ4n) is 5.33. The van der Waals surface area contributed by atoms with Crippen LogP contribution in [0.5, 0.6) is 0 Å². The van der Waals surface area contributed by atoms with Gasteiger partial charge in [0.1, 0.15) is 11.3 Å². The van der Waals surface area contributed by atoms with E-state index in [2.05, 4.69) is 66.7 Å². The van der Waals surface area contributed by atoms with Crippen LogP contribution in [-0.2, 0) is 6.42 Å². The smallest absolute Gasteiger partial charge is 0.138 e. The summed E-state index contributed by atoms with van der Waals surface area (Å²) in [6.07, 6.45) is 18.4. The first kappa shape index (κ1) is 24.9. The van der Waals surface area contributed by atoms with Crippen molar-refractivity contribution in [3.05, 3.63) is 89.1 Å². The summed E-state index contributed by atoms with van der Waals surface area (Å²) in [7, 11) is 0. The van der Waals surface area contributed by atoms with E-state index < -0.39 is 0 Å². The Labute approximate surface area is 228 Å². The van der Waals surface area contributed by atoms with Crippen molar-refractivity contribution < 1.29 is 0 Å². The van der Waals surface area contributed by atoms with Gasteiger partial charge in [-0.1, -0.05) is 12.7 Å².